The molecule has 1 heterocycles. The average molecular weight is 279 g/mol. The molecule has 1 aliphatic heterocycles. The molecule has 4 nitrogen and oxygen atoms in total. The smallest absolute Gasteiger partial charge is 0.362 e. The summed E-state index contributed by atoms with van der Waals surface area (Å²) in [4.78, 5) is 0. The molecule has 0 bridgehead atoms. The maximum absolute atomic E-state index is 9.02. The molecule has 0 unspecified atom stereocenters. The van der Waals surface area contributed by atoms with E-state index >= 15 is 0 Å². The Morgan fingerprint density at radius 3 is 2.62 bits per heavy atom. The molecule has 0 amide bonds. The molecule has 1 aliphatic rings. The summed E-state index contributed by atoms with van der Waals surface area (Å²) in [6, 6.07) is 13.5. The van der Waals surface area contributed by atoms with E-state index in [1.165, 1.54) is 0 Å². The minimum absolute atomic E-state index is 0.173. The third kappa shape index (κ3) is 2.35. The SMILES string of the molecule is COc1cc2c(cc1OC)B(c1cccc(C#N)c1)OC2. The Kier molecular flexibility index (Phi) is 3.55. The molecule has 2 aromatic rings. The van der Waals surface area contributed by atoms with Gasteiger partial charge in [0, 0.05) is 0 Å². The van der Waals surface area contributed by atoms with Gasteiger partial charge in [-0.3, -0.25) is 0 Å². The van der Waals surface area contributed by atoms with Crippen molar-refractivity contribution in [1.82, 2.24) is 0 Å². The lowest BCUT2D eigenvalue weighted by Crippen LogP contribution is -2.41. The highest BCUT2D eigenvalue weighted by Gasteiger charge is 2.31. The number of ether oxygens (including phenoxy) is 2. The fourth-order valence-corrected chi connectivity index (χ4v) is 2.62. The summed E-state index contributed by atoms with van der Waals surface area (Å²) in [6.07, 6.45) is 0. The Morgan fingerprint density at radius 1 is 1.14 bits per heavy atom. The van der Waals surface area contributed by atoms with Crippen molar-refractivity contribution in [2.45, 2.75) is 6.61 Å². The van der Waals surface area contributed by atoms with Crippen molar-refractivity contribution in [3.63, 3.8) is 0 Å². The molecule has 0 fully saturated rings. The maximum Gasteiger partial charge on any atom is 0.362 e. The number of fused-ring (bicyclic) bond motifs is 1. The van der Waals surface area contributed by atoms with Gasteiger partial charge in [-0.05, 0) is 40.8 Å². The van der Waals surface area contributed by atoms with E-state index in [9.17, 15) is 0 Å². The van der Waals surface area contributed by atoms with Crippen molar-refractivity contribution < 1.29 is 14.1 Å². The summed E-state index contributed by atoms with van der Waals surface area (Å²) >= 11 is 0. The fraction of sp³-hybridized carbons (Fsp3) is 0.188. The Balaban J connectivity index is 2.05. The number of hydrogen-bond donors (Lipinski definition) is 0. The second kappa shape index (κ2) is 5.51. The van der Waals surface area contributed by atoms with Gasteiger partial charge in [0.1, 0.15) is 0 Å². The van der Waals surface area contributed by atoms with Crippen LogP contribution < -0.4 is 20.4 Å². The van der Waals surface area contributed by atoms with Gasteiger partial charge in [0.05, 0.1) is 32.5 Å². The van der Waals surface area contributed by atoms with Crippen LogP contribution in [0.2, 0.25) is 0 Å². The van der Waals surface area contributed by atoms with Crippen molar-refractivity contribution in [3.8, 4) is 17.6 Å². The van der Waals surface area contributed by atoms with Crippen LogP contribution in [-0.4, -0.2) is 21.1 Å². The zero-order valence-corrected chi connectivity index (χ0v) is 11.9. The normalized spacial score (nSPS) is 12.7. The molecule has 5 heteroatoms. The van der Waals surface area contributed by atoms with Crippen LogP contribution in [0.15, 0.2) is 36.4 Å². The summed E-state index contributed by atoms with van der Waals surface area (Å²) in [6.45, 7) is 0.352. The van der Waals surface area contributed by atoms with Gasteiger partial charge in [0.15, 0.2) is 11.5 Å². The predicted octanol–water partition coefficient (Wildman–Crippen LogP) is 1.21. The van der Waals surface area contributed by atoms with E-state index in [2.05, 4.69) is 6.07 Å². The number of methoxy groups -OCH3 is 2. The van der Waals surface area contributed by atoms with Gasteiger partial charge in [-0.25, -0.2) is 0 Å². The summed E-state index contributed by atoms with van der Waals surface area (Å²) in [5.74, 6) is 1.38. The summed E-state index contributed by atoms with van der Waals surface area (Å²) in [5, 5.41) is 9.02. The van der Waals surface area contributed by atoms with E-state index in [-0.39, 0.29) is 6.92 Å². The van der Waals surface area contributed by atoms with E-state index in [1.54, 1.807) is 20.3 Å². The summed E-state index contributed by atoms with van der Waals surface area (Å²) < 4.78 is 16.6. The van der Waals surface area contributed by atoms with Crippen LogP contribution in [0.1, 0.15) is 11.1 Å². The second-order valence-electron chi connectivity index (χ2n) is 4.83. The molecule has 0 spiro atoms. The highest BCUT2D eigenvalue weighted by atomic mass is 16.5. The van der Waals surface area contributed by atoms with E-state index in [0.717, 1.165) is 16.5 Å². The Labute approximate surface area is 124 Å². The lowest BCUT2D eigenvalue weighted by molar-refractivity contribution is 0.334. The largest absolute Gasteiger partial charge is 0.493 e. The molecule has 0 saturated heterocycles. The van der Waals surface area contributed by atoms with Gasteiger partial charge in [-0.2, -0.15) is 5.26 Å². The van der Waals surface area contributed by atoms with Gasteiger partial charge >= 0.3 is 6.92 Å². The Bertz CT molecular complexity index is 724. The molecule has 0 saturated carbocycles. The summed E-state index contributed by atoms with van der Waals surface area (Å²) in [7, 11) is 3.24. The first kappa shape index (κ1) is 13.5. The number of nitriles is 1. The summed E-state index contributed by atoms with van der Waals surface area (Å²) in [5.41, 5.74) is 3.74. The first-order valence-electron chi connectivity index (χ1n) is 6.63. The maximum atomic E-state index is 9.02. The molecule has 0 aliphatic carbocycles. The van der Waals surface area contributed by atoms with Crippen molar-refractivity contribution in [3.05, 3.63) is 47.5 Å². The Hall–Kier alpha value is -2.45. The molecular weight excluding hydrogens is 265 g/mol. The monoisotopic (exact) mass is 279 g/mol. The zero-order chi connectivity index (χ0) is 14.8. The van der Waals surface area contributed by atoms with Gasteiger partial charge in [-0.15, -0.1) is 0 Å². The highest BCUT2D eigenvalue weighted by Crippen LogP contribution is 2.29. The molecule has 0 atom stereocenters. The van der Waals surface area contributed by atoms with E-state index in [4.69, 9.17) is 19.4 Å². The minimum Gasteiger partial charge on any atom is -0.493 e. The van der Waals surface area contributed by atoms with Crippen molar-refractivity contribution in [1.29, 1.82) is 5.26 Å². The van der Waals surface area contributed by atoms with Gasteiger partial charge in [0.2, 0.25) is 0 Å². The number of hydrogen-bond acceptors (Lipinski definition) is 4. The van der Waals surface area contributed by atoms with Crippen molar-refractivity contribution >= 4 is 17.8 Å². The highest BCUT2D eigenvalue weighted by molar-refractivity contribution is 6.81. The predicted molar refractivity (Wildman–Crippen MR) is 80.5 cm³/mol. The van der Waals surface area contributed by atoms with Gasteiger partial charge in [0.25, 0.3) is 0 Å². The van der Waals surface area contributed by atoms with Gasteiger partial charge < -0.3 is 14.1 Å². The topological polar surface area (TPSA) is 51.5 Å². The molecule has 3 rings (SSSR count). The minimum atomic E-state index is -0.173. The molecule has 21 heavy (non-hydrogen) atoms. The van der Waals surface area contributed by atoms with Crippen molar-refractivity contribution in [2.75, 3.05) is 14.2 Å². The number of nitrogens with zero attached hydrogens (tertiary/aromatic N) is 1. The molecule has 0 N–H and O–H groups in total. The van der Waals surface area contributed by atoms with E-state index < -0.39 is 0 Å². The average Bonchev–Trinajstić information content (AvgIpc) is 2.96. The van der Waals surface area contributed by atoms with Crippen LogP contribution in [0.25, 0.3) is 0 Å². The third-order valence-electron chi connectivity index (χ3n) is 3.65. The molecule has 104 valence electrons. The molecular formula is C16H14BNO3. The molecule has 0 radical (unpaired) electrons. The van der Waals surface area contributed by atoms with Crippen molar-refractivity contribution in [2.24, 2.45) is 0 Å². The van der Waals surface area contributed by atoms with E-state index in [0.29, 0.717) is 23.7 Å². The molecule has 2 aromatic carbocycles. The fourth-order valence-electron chi connectivity index (χ4n) is 2.62. The Morgan fingerprint density at radius 2 is 1.90 bits per heavy atom. The van der Waals surface area contributed by atoms with Crippen LogP contribution in [-0.2, 0) is 11.3 Å². The van der Waals surface area contributed by atoms with Crippen LogP contribution in [0.3, 0.4) is 0 Å². The third-order valence-corrected chi connectivity index (χ3v) is 3.65. The lowest BCUT2D eigenvalue weighted by Gasteiger charge is -2.11. The first-order chi connectivity index (χ1) is 10.3. The lowest BCUT2D eigenvalue weighted by atomic mass is 9.55. The second-order valence-corrected chi connectivity index (χ2v) is 4.83. The van der Waals surface area contributed by atoms with Gasteiger partial charge in [-0.1, -0.05) is 12.1 Å². The van der Waals surface area contributed by atoms with Crippen LogP contribution in [0.4, 0.5) is 0 Å². The quantitative estimate of drug-likeness (QED) is 0.792. The van der Waals surface area contributed by atoms with Crippen LogP contribution >= 0.6 is 0 Å². The van der Waals surface area contributed by atoms with Crippen LogP contribution in [0, 0.1) is 11.3 Å². The van der Waals surface area contributed by atoms with E-state index in [1.807, 2.05) is 30.3 Å². The standard InChI is InChI=1S/C16H14BNO3/c1-19-15-7-12-10-21-17(14(12)8-16(15)20-2)13-5-3-4-11(6-13)9-18/h3-8H,10H2,1-2H3. The first-order valence-corrected chi connectivity index (χ1v) is 6.63. The molecule has 0 aromatic heterocycles. The van der Waals surface area contributed by atoms with Crippen LogP contribution in [0.5, 0.6) is 11.5 Å². The zero-order valence-electron chi connectivity index (χ0n) is 11.9. The number of benzene rings is 2. The number of rotatable bonds is 3.